The molecule has 0 radical (unpaired) electrons. The van der Waals surface area contributed by atoms with E-state index in [9.17, 15) is 9.59 Å². The molecule has 0 aliphatic carbocycles. The molecule has 0 saturated carbocycles. The predicted molar refractivity (Wildman–Crippen MR) is 105 cm³/mol. The second kappa shape index (κ2) is 8.27. The Kier molecular flexibility index (Phi) is 5.39. The van der Waals surface area contributed by atoms with Crippen molar-refractivity contribution in [2.75, 3.05) is 6.79 Å². The van der Waals surface area contributed by atoms with Crippen molar-refractivity contribution in [3.63, 3.8) is 0 Å². The third-order valence-electron chi connectivity index (χ3n) is 4.00. The Morgan fingerprint density at radius 1 is 1.10 bits per heavy atom. The van der Waals surface area contributed by atoms with E-state index in [0.717, 1.165) is 0 Å². The number of hydrogen-bond donors (Lipinski definition) is 2. The van der Waals surface area contributed by atoms with Gasteiger partial charge in [0.2, 0.25) is 6.79 Å². The van der Waals surface area contributed by atoms with Crippen molar-refractivity contribution in [3.05, 3.63) is 76.2 Å². The van der Waals surface area contributed by atoms with Gasteiger partial charge in [-0.15, -0.1) is 0 Å². The van der Waals surface area contributed by atoms with Gasteiger partial charge in [-0.1, -0.05) is 6.07 Å². The normalized spacial score (nSPS) is 12.7. The Labute approximate surface area is 173 Å². The second-order valence-corrected chi connectivity index (χ2v) is 6.77. The summed E-state index contributed by atoms with van der Waals surface area (Å²) in [6.45, 7) is 0.315. The minimum atomic E-state index is -0.559. The zero-order valence-corrected chi connectivity index (χ0v) is 16.5. The van der Waals surface area contributed by atoms with Crippen molar-refractivity contribution in [1.82, 2.24) is 10.6 Å². The van der Waals surface area contributed by atoms with Gasteiger partial charge in [0.05, 0.1) is 12.8 Å². The van der Waals surface area contributed by atoms with Crippen molar-refractivity contribution in [2.24, 2.45) is 0 Å². The first-order valence-corrected chi connectivity index (χ1v) is 9.36. The van der Waals surface area contributed by atoms with Crippen LogP contribution in [-0.2, 0) is 11.3 Å². The molecule has 4 rings (SSSR count). The number of fused-ring (bicyclic) bond motifs is 1. The first-order valence-electron chi connectivity index (χ1n) is 8.57. The van der Waals surface area contributed by atoms with Gasteiger partial charge in [0, 0.05) is 0 Å². The summed E-state index contributed by atoms with van der Waals surface area (Å²) in [7, 11) is 0. The summed E-state index contributed by atoms with van der Waals surface area (Å²) >= 11 is 3.15. The minimum absolute atomic E-state index is 0.0351. The van der Waals surface area contributed by atoms with E-state index < -0.39 is 11.8 Å². The lowest BCUT2D eigenvalue weighted by molar-refractivity contribution is -0.118. The average molecular weight is 459 g/mol. The molecule has 1 aromatic carbocycles. The molecule has 0 fully saturated rings. The van der Waals surface area contributed by atoms with Crippen LogP contribution in [0.4, 0.5) is 0 Å². The first kappa shape index (κ1) is 18.9. The van der Waals surface area contributed by atoms with Gasteiger partial charge in [0.15, 0.2) is 21.9 Å². The highest BCUT2D eigenvalue weighted by atomic mass is 79.9. The van der Waals surface area contributed by atoms with Gasteiger partial charge in [0.25, 0.3) is 11.8 Å². The smallest absolute Gasteiger partial charge is 0.291 e. The maximum Gasteiger partial charge on any atom is 0.291 e. The number of carbonyl (C=O) groups excluding carboxylic acids is 2. The quantitative estimate of drug-likeness (QED) is 0.548. The number of amides is 2. The molecule has 0 unspecified atom stereocenters. The van der Waals surface area contributed by atoms with E-state index in [1.165, 1.54) is 18.4 Å². The summed E-state index contributed by atoms with van der Waals surface area (Å²) in [5.74, 6) is 0.786. The second-order valence-electron chi connectivity index (χ2n) is 5.99. The number of benzene rings is 1. The van der Waals surface area contributed by atoms with E-state index in [-0.39, 0.29) is 24.8 Å². The van der Waals surface area contributed by atoms with E-state index in [2.05, 4.69) is 26.6 Å². The lowest BCUT2D eigenvalue weighted by Gasteiger charge is -2.10. The summed E-state index contributed by atoms with van der Waals surface area (Å²) in [5, 5.41) is 5.29. The van der Waals surface area contributed by atoms with Crippen LogP contribution in [-0.4, -0.2) is 18.6 Å². The fourth-order valence-electron chi connectivity index (χ4n) is 2.62. The van der Waals surface area contributed by atoms with E-state index in [1.807, 2.05) is 0 Å². The van der Waals surface area contributed by atoms with Crippen LogP contribution >= 0.6 is 15.9 Å². The molecule has 2 amide bonds. The number of hydrogen-bond acceptors (Lipinski definition) is 6. The molecule has 0 bridgehead atoms. The molecular weight excluding hydrogens is 444 g/mol. The molecule has 0 atom stereocenters. The third kappa shape index (κ3) is 4.52. The number of furan rings is 2. The summed E-state index contributed by atoms with van der Waals surface area (Å²) in [5.41, 5.74) is 0.686. The van der Waals surface area contributed by atoms with Crippen molar-refractivity contribution in [2.45, 2.75) is 6.54 Å². The summed E-state index contributed by atoms with van der Waals surface area (Å²) in [6.07, 6.45) is 3.05. The lowest BCUT2D eigenvalue weighted by atomic mass is 10.1. The topological polar surface area (TPSA) is 103 Å². The van der Waals surface area contributed by atoms with Gasteiger partial charge in [-0.25, -0.2) is 0 Å². The number of ether oxygens (including phenoxy) is 2. The minimum Gasteiger partial charge on any atom is -0.467 e. The molecule has 3 aromatic rings. The van der Waals surface area contributed by atoms with E-state index in [0.29, 0.717) is 27.5 Å². The highest BCUT2D eigenvalue weighted by Crippen LogP contribution is 2.33. The van der Waals surface area contributed by atoms with Gasteiger partial charge in [-0.2, -0.15) is 0 Å². The number of nitrogens with one attached hydrogen (secondary N) is 2. The van der Waals surface area contributed by atoms with Crippen molar-refractivity contribution in [3.8, 4) is 11.5 Å². The maximum absolute atomic E-state index is 12.7. The standard InChI is InChI=1S/C20H15BrN2O6/c21-18-6-5-16(29-18)20(25)23-14(19(24)22-10-13-2-1-7-26-13)8-12-3-4-15-17(9-12)28-11-27-15/h1-9H,10-11H2,(H,22,24)(H,23,25)/b14-8+. The Hall–Kier alpha value is -3.46. The highest BCUT2D eigenvalue weighted by molar-refractivity contribution is 9.10. The average Bonchev–Trinajstić information content (AvgIpc) is 3.46. The Morgan fingerprint density at radius 3 is 2.72 bits per heavy atom. The van der Waals surface area contributed by atoms with Gasteiger partial charge >= 0.3 is 0 Å². The van der Waals surface area contributed by atoms with Gasteiger partial charge in [0.1, 0.15) is 11.5 Å². The van der Waals surface area contributed by atoms with Crippen LogP contribution in [0.3, 0.4) is 0 Å². The molecule has 8 nitrogen and oxygen atoms in total. The molecule has 1 aliphatic heterocycles. The molecule has 148 valence electrons. The largest absolute Gasteiger partial charge is 0.467 e. The summed E-state index contributed by atoms with van der Waals surface area (Å²) in [4.78, 5) is 25.2. The molecule has 9 heteroatoms. The van der Waals surface area contributed by atoms with Crippen molar-refractivity contribution >= 4 is 33.8 Å². The summed E-state index contributed by atoms with van der Waals surface area (Å²) < 4.78 is 21.5. The molecule has 0 saturated heterocycles. The number of carbonyl (C=O) groups is 2. The van der Waals surface area contributed by atoms with Crippen LogP contribution in [0.1, 0.15) is 21.9 Å². The molecule has 0 spiro atoms. The fraction of sp³-hybridized carbons (Fsp3) is 0.100. The predicted octanol–water partition coefficient (Wildman–Crippen LogP) is 3.45. The van der Waals surface area contributed by atoms with Crippen LogP contribution in [0.5, 0.6) is 11.5 Å². The van der Waals surface area contributed by atoms with Crippen LogP contribution in [0.25, 0.3) is 6.08 Å². The molecule has 2 N–H and O–H groups in total. The Bertz CT molecular complexity index is 1070. The highest BCUT2D eigenvalue weighted by Gasteiger charge is 2.18. The lowest BCUT2D eigenvalue weighted by Crippen LogP contribution is -2.34. The SMILES string of the molecule is O=C(NCc1ccco1)/C(=C\c1ccc2c(c1)OCO2)NC(=O)c1ccc(Br)o1. The van der Waals surface area contributed by atoms with Crippen molar-refractivity contribution in [1.29, 1.82) is 0 Å². The molecule has 29 heavy (non-hydrogen) atoms. The van der Waals surface area contributed by atoms with Gasteiger partial charge in [-0.3, -0.25) is 9.59 Å². The van der Waals surface area contributed by atoms with E-state index >= 15 is 0 Å². The fourth-order valence-corrected chi connectivity index (χ4v) is 2.93. The van der Waals surface area contributed by atoms with Crippen LogP contribution < -0.4 is 20.1 Å². The number of halogens is 1. The van der Waals surface area contributed by atoms with E-state index in [1.54, 1.807) is 36.4 Å². The Morgan fingerprint density at radius 2 is 1.97 bits per heavy atom. The van der Waals surface area contributed by atoms with Gasteiger partial charge in [-0.05, 0) is 64.0 Å². The zero-order chi connectivity index (χ0) is 20.2. The Balaban J connectivity index is 1.57. The van der Waals surface area contributed by atoms with Crippen LogP contribution in [0.2, 0.25) is 0 Å². The third-order valence-corrected chi connectivity index (χ3v) is 4.43. The van der Waals surface area contributed by atoms with Crippen LogP contribution in [0.15, 0.2) is 67.9 Å². The van der Waals surface area contributed by atoms with Gasteiger partial charge < -0.3 is 28.9 Å². The zero-order valence-electron chi connectivity index (χ0n) is 14.9. The number of rotatable bonds is 6. The maximum atomic E-state index is 12.7. The molecule has 2 aromatic heterocycles. The molecular formula is C20H15BrN2O6. The first-order chi connectivity index (χ1) is 14.1. The molecule has 1 aliphatic rings. The van der Waals surface area contributed by atoms with Crippen molar-refractivity contribution < 1.29 is 27.9 Å². The summed E-state index contributed by atoms with van der Waals surface area (Å²) in [6, 6.07) is 11.8. The van der Waals surface area contributed by atoms with Crippen LogP contribution in [0, 0.1) is 0 Å². The monoisotopic (exact) mass is 458 g/mol. The molecule has 3 heterocycles. The van der Waals surface area contributed by atoms with E-state index in [4.69, 9.17) is 18.3 Å².